The van der Waals surface area contributed by atoms with E-state index >= 15 is 0 Å². The molecule has 0 heterocycles. The average molecular weight is 308 g/mol. The molecule has 1 aromatic carbocycles. The highest BCUT2D eigenvalue weighted by Gasteiger charge is 2.15. The second-order valence-electron chi connectivity index (χ2n) is 5.36. The fourth-order valence-corrected chi connectivity index (χ4v) is 2.03. The number of nitrogens with zero attached hydrogens (tertiary/aromatic N) is 1. The van der Waals surface area contributed by atoms with E-state index in [2.05, 4.69) is 13.8 Å². The number of rotatable bonds is 9. The van der Waals surface area contributed by atoms with Crippen molar-refractivity contribution in [2.24, 2.45) is 11.7 Å². The lowest BCUT2D eigenvalue weighted by Crippen LogP contribution is -2.37. The summed E-state index contributed by atoms with van der Waals surface area (Å²) >= 11 is 4.88. The van der Waals surface area contributed by atoms with Crippen molar-refractivity contribution in [2.45, 2.75) is 26.7 Å². The van der Waals surface area contributed by atoms with Gasteiger partial charge in [-0.3, -0.25) is 4.79 Å². The van der Waals surface area contributed by atoms with E-state index < -0.39 is 0 Å². The van der Waals surface area contributed by atoms with Gasteiger partial charge in [-0.15, -0.1) is 0 Å². The van der Waals surface area contributed by atoms with Gasteiger partial charge in [0.1, 0.15) is 5.75 Å². The van der Waals surface area contributed by atoms with Crippen molar-refractivity contribution in [2.75, 3.05) is 19.7 Å². The monoisotopic (exact) mass is 308 g/mol. The lowest BCUT2D eigenvalue weighted by molar-refractivity contribution is -0.132. The normalized spacial score (nSPS) is 10.4. The molecule has 0 radical (unpaired) electrons. The number of hydrogen-bond acceptors (Lipinski definition) is 3. The number of carbonyl (C=O) groups is 1. The first kappa shape index (κ1) is 17.4. The van der Waals surface area contributed by atoms with Crippen LogP contribution in [0.5, 0.6) is 5.75 Å². The molecule has 1 amide bonds. The maximum Gasteiger partial charge on any atom is 0.226 e. The predicted octanol–water partition coefficient (Wildman–Crippen LogP) is 2.62. The molecule has 0 atom stereocenters. The number of para-hydroxylation sites is 1. The highest BCUT2D eigenvalue weighted by Crippen LogP contribution is 2.09. The second kappa shape index (κ2) is 9.34. The van der Waals surface area contributed by atoms with Crippen LogP contribution >= 0.6 is 12.2 Å². The van der Waals surface area contributed by atoms with Crippen molar-refractivity contribution in [3.63, 3.8) is 0 Å². The topological polar surface area (TPSA) is 55.6 Å². The van der Waals surface area contributed by atoms with Crippen LogP contribution in [0.1, 0.15) is 26.7 Å². The molecular weight excluding hydrogens is 284 g/mol. The van der Waals surface area contributed by atoms with Gasteiger partial charge in [0, 0.05) is 19.5 Å². The molecule has 2 N–H and O–H groups in total. The van der Waals surface area contributed by atoms with Crippen LogP contribution in [0.3, 0.4) is 0 Å². The third-order valence-corrected chi connectivity index (χ3v) is 3.10. The van der Waals surface area contributed by atoms with Crippen LogP contribution in [0.25, 0.3) is 0 Å². The number of thiocarbonyl (C=S) groups is 1. The highest BCUT2D eigenvalue weighted by atomic mass is 32.1. The first-order chi connectivity index (χ1) is 9.99. The molecule has 0 saturated heterocycles. The lowest BCUT2D eigenvalue weighted by atomic mass is 10.2. The Morgan fingerprint density at radius 3 is 2.52 bits per heavy atom. The Balaban J connectivity index is 2.42. The van der Waals surface area contributed by atoms with Crippen molar-refractivity contribution in [1.82, 2.24) is 4.90 Å². The summed E-state index contributed by atoms with van der Waals surface area (Å²) < 4.78 is 5.56. The van der Waals surface area contributed by atoms with Crippen LogP contribution in [0, 0.1) is 5.92 Å². The van der Waals surface area contributed by atoms with Gasteiger partial charge in [-0.05, 0) is 18.1 Å². The van der Waals surface area contributed by atoms with Crippen molar-refractivity contribution < 1.29 is 9.53 Å². The summed E-state index contributed by atoms with van der Waals surface area (Å²) in [5.41, 5.74) is 5.52. The summed E-state index contributed by atoms with van der Waals surface area (Å²) in [5.74, 6) is 1.27. The molecule has 5 heteroatoms. The third kappa shape index (κ3) is 7.66. The van der Waals surface area contributed by atoms with Gasteiger partial charge in [0.25, 0.3) is 0 Å². The Hall–Kier alpha value is -1.62. The second-order valence-corrected chi connectivity index (χ2v) is 5.89. The van der Waals surface area contributed by atoms with Gasteiger partial charge in [-0.1, -0.05) is 44.3 Å². The van der Waals surface area contributed by atoms with E-state index in [0.29, 0.717) is 43.4 Å². The molecule has 0 spiro atoms. The van der Waals surface area contributed by atoms with Gasteiger partial charge < -0.3 is 15.4 Å². The minimum Gasteiger partial charge on any atom is -0.493 e. The number of ether oxygens (including phenoxy) is 1. The van der Waals surface area contributed by atoms with Gasteiger partial charge in [-0.2, -0.15) is 0 Å². The van der Waals surface area contributed by atoms with Gasteiger partial charge in [-0.25, -0.2) is 0 Å². The van der Waals surface area contributed by atoms with Crippen molar-refractivity contribution in [1.29, 1.82) is 0 Å². The fourth-order valence-electron chi connectivity index (χ4n) is 1.93. The molecule has 116 valence electrons. The smallest absolute Gasteiger partial charge is 0.226 e. The Morgan fingerprint density at radius 2 is 1.95 bits per heavy atom. The molecule has 21 heavy (non-hydrogen) atoms. The number of hydrogen-bond donors (Lipinski definition) is 1. The van der Waals surface area contributed by atoms with Crippen molar-refractivity contribution >= 4 is 23.1 Å². The van der Waals surface area contributed by atoms with Gasteiger partial charge >= 0.3 is 0 Å². The Morgan fingerprint density at radius 1 is 1.29 bits per heavy atom. The van der Waals surface area contributed by atoms with E-state index in [-0.39, 0.29) is 5.91 Å². The van der Waals surface area contributed by atoms with Crippen LogP contribution in [-0.2, 0) is 4.79 Å². The van der Waals surface area contributed by atoms with Crippen molar-refractivity contribution in [3.05, 3.63) is 30.3 Å². The van der Waals surface area contributed by atoms with Crippen LogP contribution in [-0.4, -0.2) is 35.5 Å². The van der Waals surface area contributed by atoms with Crippen molar-refractivity contribution in [3.8, 4) is 5.75 Å². The Labute approximate surface area is 132 Å². The summed E-state index contributed by atoms with van der Waals surface area (Å²) in [7, 11) is 0. The number of carbonyl (C=O) groups excluding carboxylic acids is 1. The standard InChI is InChI=1S/C16H24N2O2S/c1-13(2)12-18(10-8-15(17)21)16(19)9-11-20-14-6-4-3-5-7-14/h3-7,13H,8-12H2,1-2H3,(H2,17,21). The largest absolute Gasteiger partial charge is 0.493 e. The highest BCUT2D eigenvalue weighted by molar-refractivity contribution is 7.80. The molecule has 0 fully saturated rings. The number of benzene rings is 1. The zero-order valence-corrected chi connectivity index (χ0v) is 13.6. The van der Waals surface area contributed by atoms with E-state index in [1.165, 1.54) is 0 Å². The first-order valence-electron chi connectivity index (χ1n) is 7.23. The lowest BCUT2D eigenvalue weighted by Gasteiger charge is -2.24. The van der Waals surface area contributed by atoms with Crippen LogP contribution < -0.4 is 10.5 Å². The van der Waals surface area contributed by atoms with Crippen LogP contribution in [0.2, 0.25) is 0 Å². The Bertz CT molecular complexity index is 449. The summed E-state index contributed by atoms with van der Waals surface area (Å²) in [5, 5.41) is 0. The SMILES string of the molecule is CC(C)CN(CCC(N)=S)C(=O)CCOc1ccccc1. The van der Waals surface area contributed by atoms with Crippen LogP contribution in [0.15, 0.2) is 30.3 Å². The molecule has 0 bridgehead atoms. The maximum absolute atomic E-state index is 12.2. The Kier molecular flexibility index (Phi) is 7.75. The fraction of sp³-hybridized carbons (Fsp3) is 0.500. The average Bonchev–Trinajstić information content (AvgIpc) is 2.44. The number of amides is 1. The van der Waals surface area contributed by atoms with E-state index in [1.807, 2.05) is 35.2 Å². The molecule has 0 aliphatic carbocycles. The van der Waals surface area contributed by atoms with Crippen LogP contribution in [0.4, 0.5) is 0 Å². The maximum atomic E-state index is 12.2. The molecule has 0 unspecified atom stereocenters. The van der Waals surface area contributed by atoms with E-state index in [0.717, 1.165) is 5.75 Å². The summed E-state index contributed by atoms with van der Waals surface area (Å²) in [6.45, 7) is 5.85. The summed E-state index contributed by atoms with van der Waals surface area (Å²) in [6.07, 6.45) is 0.923. The third-order valence-electron chi connectivity index (χ3n) is 2.89. The molecule has 0 aliphatic heterocycles. The summed E-state index contributed by atoms with van der Waals surface area (Å²) in [4.78, 5) is 14.5. The molecule has 1 aromatic rings. The van der Waals surface area contributed by atoms with E-state index in [1.54, 1.807) is 0 Å². The predicted molar refractivity (Wildman–Crippen MR) is 89.4 cm³/mol. The molecule has 1 rings (SSSR count). The number of nitrogens with two attached hydrogens (primary N) is 1. The zero-order chi connectivity index (χ0) is 15.7. The quantitative estimate of drug-likeness (QED) is 0.713. The molecule has 0 aromatic heterocycles. The van der Waals surface area contributed by atoms with Gasteiger partial charge in [0.05, 0.1) is 18.0 Å². The van der Waals surface area contributed by atoms with Gasteiger partial charge in [0.2, 0.25) is 5.91 Å². The molecule has 0 saturated carbocycles. The summed E-state index contributed by atoms with van der Waals surface area (Å²) in [6, 6.07) is 9.50. The van der Waals surface area contributed by atoms with E-state index in [4.69, 9.17) is 22.7 Å². The minimum atomic E-state index is 0.0795. The zero-order valence-electron chi connectivity index (χ0n) is 12.7. The molecule has 4 nitrogen and oxygen atoms in total. The van der Waals surface area contributed by atoms with E-state index in [9.17, 15) is 4.79 Å². The van der Waals surface area contributed by atoms with Gasteiger partial charge in [0.15, 0.2) is 0 Å². The molecule has 0 aliphatic rings. The molecular formula is C16H24N2O2S. The first-order valence-corrected chi connectivity index (χ1v) is 7.63. The minimum absolute atomic E-state index is 0.0795.